The molecule has 0 fully saturated rings. The minimum Gasteiger partial charge on any atom is -0.300 e. The molecule has 96 valence electrons. The Morgan fingerprint density at radius 2 is 1.78 bits per heavy atom. The fourth-order valence-corrected chi connectivity index (χ4v) is 2.50. The van der Waals surface area contributed by atoms with E-state index in [4.69, 9.17) is 0 Å². The van der Waals surface area contributed by atoms with Crippen LogP contribution in [0.5, 0.6) is 0 Å². The Morgan fingerprint density at radius 1 is 1.22 bits per heavy atom. The first-order valence-corrected chi connectivity index (χ1v) is 9.82. The summed E-state index contributed by atoms with van der Waals surface area (Å²) < 4.78 is 0. The van der Waals surface area contributed by atoms with E-state index in [1.165, 1.54) is 0 Å². The molecule has 0 heterocycles. The third kappa shape index (κ3) is 4.50. The van der Waals surface area contributed by atoms with Gasteiger partial charge in [0, 0.05) is 6.42 Å². The second-order valence-corrected chi connectivity index (χ2v) is 10.8. The van der Waals surface area contributed by atoms with Gasteiger partial charge >= 0.3 is 0 Å². The summed E-state index contributed by atoms with van der Waals surface area (Å²) in [6.45, 7) is 10.4. The highest BCUT2D eigenvalue weighted by atomic mass is 28.3. The second-order valence-electron chi connectivity index (χ2n) is 6.08. The Bertz CT molecular complexity index is 473. The van der Waals surface area contributed by atoms with Crippen LogP contribution in [0.15, 0.2) is 30.3 Å². The van der Waals surface area contributed by atoms with E-state index in [0.29, 0.717) is 6.42 Å². The van der Waals surface area contributed by atoms with Crippen molar-refractivity contribution < 1.29 is 4.79 Å². The summed E-state index contributed by atoms with van der Waals surface area (Å²) in [5, 5.41) is 0. The number of carbonyl (C=O) groups is 1. The molecule has 1 nitrogen and oxygen atoms in total. The monoisotopic (exact) mass is 258 g/mol. The highest BCUT2D eigenvalue weighted by molar-refractivity contribution is 6.83. The zero-order chi connectivity index (χ0) is 13.8. The SMILES string of the molecule is CC(=O)CC(C)(C#C[Si](C)(C)C)c1ccccc1. The van der Waals surface area contributed by atoms with Gasteiger partial charge in [-0.05, 0) is 19.4 Å². The predicted molar refractivity (Wildman–Crippen MR) is 80.2 cm³/mol. The average molecular weight is 258 g/mol. The third-order valence-electron chi connectivity index (χ3n) is 2.73. The van der Waals surface area contributed by atoms with Crippen molar-refractivity contribution in [3.05, 3.63) is 35.9 Å². The molecule has 0 N–H and O–H groups in total. The second kappa shape index (κ2) is 5.54. The summed E-state index contributed by atoms with van der Waals surface area (Å²) in [7, 11) is -1.42. The van der Waals surface area contributed by atoms with Crippen molar-refractivity contribution in [1.29, 1.82) is 0 Å². The van der Waals surface area contributed by atoms with E-state index < -0.39 is 8.07 Å². The molecule has 0 aromatic heterocycles. The van der Waals surface area contributed by atoms with Crippen molar-refractivity contribution in [3.8, 4) is 11.5 Å². The lowest BCUT2D eigenvalue weighted by Gasteiger charge is -2.23. The molecule has 0 aliphatic rings. The molecule has 18 heavy (non-hydrogen) atoms. The van der Waals surface area contributed by atoms with E-state index in [2.05, 4.69) is 50.2 Å². The molecule has 1 unspecified atom stereocenters. The van der Waals surface area contributed by atoms with Crippen LogP contribution >= 0.6 is 0 Å². The summed E-state index contributed by atoms with van der Waals surface area (Å²) in [4.78, 5) is 11.5. The number of hydrogen-bond acceptors (Lipinski definition) is 1. The standard InChI is InChI=1S/C16H22OSi/c1-14(17)13-16(2,11-12-18(3,4)5)15-9-7-6-8-10-15/h6-10H,13H2,1-5H3. The Hall–Kier alpha value is -1.33. The van der Waals surface area contributed by atoms with Crippen LogP contribution < -0.4 is 0 Å². The molecule has 1 aromatic carbocycles. The fraction of sp³-hybridized carbons (Fsp3) is 0.438. The number of benzene rings is 1. The van der Waals surface area contributed by atoms with Crippen molar-refractivity contribution in [2.45, 2.75) is 45.3 Å². The van der Waals surface area contributed by atoms with Crippen molar-refractivity contribution in [2.75, 3.05) is 0 Å². The van der Waals surface area contributed by atoms with E-state index in [0.717, 1.165) is 5.56 Å². The van der Waals surface area contributed by atoms with Crippen LogP contribution in [0.2, 0.25) is 19.6 Å². The van der Waals surface area contributed by atoms with Gasteiger partial charge in [-0.3, -0.25) is 4.79 Å². The maximum Gasteiger partial charge on any atom is 0.131 e. The number of Topliss-reactive ketones (excluding diaryl/α,β-unsaturated/α-hetero) is 1. The van der Waals surface area contributed by atoms with Crippen LogP contribution in [0.4, 0.5) is 0 Å². The Morgan fingerprint density at radius 3 is 2.22 bits per heavy atom. The number of ketones is 1. The molecule has 1 aromatic rings. The molecule has 0 saturated carbocycles. The van der Waals surface area contributed by atoms with Gasteiger partial charge in [-0.15, -0.1) is 5.54 Å². The lowest BCUT2D eigenvalue weighted by Crippen LogP contribution is -2.25. The van der Waals surface area contributed by atoms with Crippen LogP contribution in [-0.2, 0) is 10.2 Å². The van der Waals surface area contributed by atoms with Gasteiger partial charge in [-0.1, -0.05) is 55.9 Å². The molecule has 0 aliphatic carbocycles. The van der Waals surface area contributed by atoms with Gasteiger partial charge in [0.25, 0.3) is 0 Å². The highest BCUT2D eigenvalue weighted by Crippen LogP contribution is 2.27. The molecule has 0 aliphatic heterocycles. The maximum atomic E-state index is 11.5. The zero-order valence-corrected chi connectivity index (χ0v) is 13.0. The molecule has 0 saturated heterocycles. The van der Waals surface area contributed by atoms with E-state index in [9.17, 15) is 4.79 Å². The van der Waals surface area contributed by atoms with Gasteiger partial charge in [0.15, 0.2) is 0 Å². The molecule has 0 spiro atoms. The lowest BCUT2D eigenvalue weighted by molar-refractivity contribution is -0.117. The summed E-state index contributed by atoms with van der Waals surface area (Å²) in [6.07, 6.45) is 0.481. The minimum atomic E-state index is -1.42. The van der Waals surface area contributed by atoms with Gasteiger partial charge in [-0.2, -0.15) is 0 Å². The van der Waals surface area contributed by atoms with Crippen molar-refractivity contribution in [2.24, 2.45) is 0 Å². The first-order valence-electron chi connectivity index (χ1n) is 6.32. The topological polar surface area (TPSA) is 17.1 Å². The summed E-state index contributed by atoms with van der Waals surface area (Å²) in [6, 6.07) is 10.1. The van der Waals surface area contributed by atoms with Gasteiger partial charge in [0.1, 0.15) is 13.9 Å². The van der Waals surface area contributed by atoms with Gasteiger partial charge in [0.2, 0.25) is 0 Å². The number of hydrogen-bond donors (Lipinski definition) is 0. The lowest BCUT2D eigenvalue weighted by atomic mass is 9.79. The fourth-order valence-electron chi connectivity index (χ4n) is 1.85. The molecule has 1 rings (SSSR count). The quantitative estimate of drug-likeness (QED) is 0.595. The maximum absolute atomic E-state index is 11.5. The first-order chi connectivity index (χ1) is 8.23. The van der Waals surface area contributed by atoms with Crippen molar-refractivity contribution >= 4 is 13.9 Å². The van der Waals surface area contributed by atoms with Crippen molar-refractivity contribution in [1.82, 2.24) is 0 Å². The van der Waals surface area contributed by atoms with Crippen LogP contribution in [0.25, 0.3) is 0 Å². The molecule has 2 heteroatoms. The van der Waals surface area contributed by atoms with E-state index in [-0.39, 0.29) is 11.2 Å². The summed E-state index contributed by atoms with van der Waals surface area (Å²) >= 11 is 0. The molecule has 0 bridgehead atoms. The predicted octanol–water partition coefficient (Wildman–Crippen LogP) is 3.80. The Labute approximate surface area is 112 Å². The molecule has 0 radical (unpaired) electrons. The van der Waals surface area contributed by atoms with Crippen LogP contribution in [0, 0.1) is 11.5 Å². The van der Waals surface area contributed by atoms with Crippen LogP contribution in [0.1, 0.15) is 25.8 Å². The van der Waals surface area contributed by atoms with Gasteiger partial charge in [0.05, 0.1) is 5.41 Å². The smallest absolute Gasteiger partial charge is 0.131 e. The summed E-state index contributed by atoms with van der Waals surface area (Å²) in [5.74, 6) is 3.56. The van der Waals surface area contributed by atoms with Gasteiger partial charge < -0.3 is 0 Å². The Balaban J connectivity index is 3.18. The first kappa shape index (κ1) is 14.7. The highest BCUT2D eigenvalue weighted by Gasteiger charge is 2.26. The van der Waals surface area contributed by atoms with Crippen LogP contribution in [-0.4, -0.2) is 13.9 Å². The van der Waals surface area contributed by atoms with E-state index in [1.54, 1.807) is 6.92 Å². The van der Waals surface area contributed by atoms with Crippen LogP contribution in [0.3, 0.4) is 0 Å². The van der Waals surface area contributed by atoms with Crippen molar-refractivity contribution in [3.63, 3.8) is 0 Å². The average Bonchev–Trinajstić information content (AvgIpc) is 2.26. The number of rotatable bonds is 3. The third-order valence-corrected chi connectivity index (χ3v) is 3.60. The molecular weight excluding hydrogens is 236 g/mol. The largest absolute Gasteiger partial charge is 0.300 e. The minimum absolute atomic E-state index is 0.186. The molecular formula is C16H22OSi. The zero-order valence-electron chi connectivity index (χ0n) is 12.0. The molecule has 1 atom stereocenters. The van der Waals surface area contributed by atoms with Gasteiger partial charge in [-0.25, -0.2) is 0 Å². The normalized spacial score (nSPS) is 14.3. The van der Waals surface area contributed by atoms with E-state index >= 15 is 0 Å². The Kier molecular flexibility index (Phi) is 4.53. The molecule has 0 amide bonds. The summed E-state index contributed by atoms with van der Waals surface area (Å²) in [5.41, 5.74) is 4.18. The number of carbonyl (C=O) groups excluding carboxylic acids is 1. The van der Waals surface area contributed by atoms with E-state index in [1.807, 2.05) is 18.2 Å².